The van der Waals surface area contributed by atoms with Gasteiger partial charge in [-0.1, -0.05) is 0 Å². The molecule has 0 fully saturated rings. The zero-order chi connectivity index (χ0) is 15.5. The molecule has 20 heavy (non-hydrogen) atoms. The first-order chi connectivity index (χ1) is 9.16. The van der Waals surface area contributed by atoms with Crippen LogP contribution >= 0.6 is 0 Å². The predicted molar refractivity (Wildman–Crippen MR) is 66.3 cm³/mol. The van der Waals surface area contributed by atoms with Crippen LogP contribution in [0.15, 0.2) is 18.2 Å². The average molecular weight is 286 g/mol. The normalized spacial score (nSPS) is 11.2. The Bertz CT molecular complexity index is 548. The topological polar surface area (TPSA) is 64.3 Å². The number of halogens is 3. The Kier molecular flexibility index (Phi) is 4.61. The third kappa shape index (κ3) is 3.63. The van der Waals surface area contributed by atoms with E-state index in [9.17, 15) is 18.0 Å². The van der Waals surface area contributed by atoms with Gasteiger partial charge in [-0.3, -0.25) is 4.79 Å². The van der Waals surface area contributed by atoms with Crippen LogP contribution in [0.2, 0.25) is 0 Å². The van der Waals surface area contributed by atoms with E-state index in [0.29, 0.717) is 0 Å². The minimum absolute atomic E-state index is 0.119. The minimum Gasteiger partial charge on any atom is -0.480 e. The van der Waals surface area contributed by atoms with Crippen molar-refractivity contribution in [2.24, 2.45) is 0 Å². The summed E-state index contributed by atoms with van der Waals surface area (Å²) in [6.07, 6.45) is -4.66. The summed E-state index contributed by atoms with van der Waals surface area (Å²) < 4.78 is 38.6. The fourth-order valence-corrected chi connectivity index (χ4v) is 1.76. The second kappa shape index (κ2) is 5.82. The van der Waals surface area contributed by atoms with Crippen molar-refractivity contribution in [3.63, 3.8) is 0 Å². The van der Waals surface area contributed by atoms with Gasteiger partial charge in [-0.2, -0.15) is 18.4 Å². The highest BCUT2D eigenvalue weighted by Crippen LogP contribution is 2.34. The van der Waals surface area contributed by atoms with Crippen LogP contribution in [-0.2, 0) is 11.0 Å². The van der Waals surface area contributed by atoms with Crippen molar-refractivity contribution in [1.82, 2.24) is 0 Å². The van der Waals surface area contributed by atoms with Crippen LogP contribution < -0.4 is 4.90 Å². The molecule has 0 radical (unpaired) electrons. The summed E-state index contributed by atoms with van der Waals surface area (Å²) in [6.45, 7) is 2.93. The van der Waals surface area contributed by atoms with Gasteiger partial charge in [-0.05, 0) is 32.0 Å². The van der Waals surface area contributed by atoms with Gasteiger partial charge >= 0.3 is 12.1 Å². The molecule has 0 aliphatic carbocycles. The number of anilines is 1. The summed E-state index contributed by atoms with van der Waals surface area (Å²) in [4.78, 5) is 12.1. The van der Waals surface area contributed by atoms with Gasteiger partial charge in [0.2, 0.25) is 0 Å². The van der Waals surface area contributed by atoms with Gasteiger partial charge in [0.05, 0.1) is 17.2 Å². The number of carbonyl (C=O) groups is 1. The number of hydrogen-bond donors (Lipinski definition) is 1. The van der Waals surface area contributed by atoms with Gasteiger partial charge in [-0.15, -0.1) is 0 Å². The van der Waals surface area contributed by atoms with Crippen molar-refractivity contribution in [3.05, 3.63) is 29.3 Å². The van der Waals surface area contributed by atoms with Crippen molar-refractivity contribution in [2.75, 3.05) is 11.4 Å². The first-order valence-electron chi connectivity index (χ1n) is 5.76. The first kappa shape index (κ1) is 15.8. The smallest absolute Gasteiger partial charge is 0.417 e. The highest BCUT2D eigenvalue weighted by Gasteiger charge is 2.34. The molecule has 0 amide bonds. The number of aliphatic carboxylic acids is 1. The fraction of sp³-hybridized carbons (Fsp3) is 0.385. The third-order valence-electron chi connectivity index (χ3n) is 2.69. The van der Waals surface area contributed by atoms with Crippen molar-refractivity contribution in [1.29, 1.82) is 5.26 Å². The average Bonchev–Trinajstić information content (AvgIpc) is 2.33. The van der Waals surface area contributed by atoms with Crippen molar-refractivity contribution in [3.8, 4) is 6.07 Å². The molecule has 0 unspecified atom stereocenters. The SMILES string of the molecule is CC(C)N(CC(=O)O)c1ccc(C#N)c(C(F)(F)F)c1. The number of nitrogens with zero attached hydrogens (tertiary/aromatic N) is 2. The Morgan fingerprint density at radius 3 is 2.45 bits per heavy atom. The van der Waals surface area contributed by atoms with Gasteiger partial charge in [-0.25, -0.2) is 0 Å². The molecular formula is C13H13F3N2O2. The van der Waals surface area contributed by atoms with Gasteiger partial charge in [0, 0.05) is 11.7 Å². The molecule has 0 saturated carbocycles. The largest absolute Gasteiger partial charge is 0.480 e. The molecule has 108 valence electrons. The maximum Gasteiger partial charge on any atom is 0.417 e. The Hall–Kier alpha value is -2.23. The van der Waals surface area contributed by atoms with Gasteiger partial charge in [0.15, 0.2) is 0 Å². The lowest BCUT2D eigenvalue weighted by Gasteiger charge is -2.28. The highest BCUT2D eigenvalue weighted by molar-refractivity contribution is 5.74. The Morgan fingerprint density at radius 2 is 2.05 bits per heavy atom. The molecule has 1 rings (SSSR count). The zero-order valence-corrected chi connectivity index (χ0v) is 10.9. The number of hydrogen-bond acceptors (Lipinski definition) is 3. The zero-order valence-electron chi connectivity index (χ0n) is 10.9. The van der Waals surface area contributed by atoms with E-state index in [0.717, 1.165) is 12.1 Å². The van der Waals surface area contributed by atoms with Crippen molar-refractivity contribution in [2.45, 2.75) is 26.1 Å². The van der Waals surface area contributed by atoms with Gasteiger partial charge < -0.3 is 10.0 Å². The Labute approximate surface area is 114 Å². The van der Waals surface area contributed by atoms with E-state index in [4.69, 9.17) is 10.4 Å². The molecule has 0 atom stereocenters. The molecule has 1 aromatic rings. The summed E-state index contributed by atoms with van der Waals surface area (Å²) in [7, 11) is 0. The predicted octanol–water partition coefficient (Wildman–Crippen LogP) is 2.88. The van der Waals surface area contributed by atoms with E-state index < -0.39 is 29.8 Å². The fourth-order valence-electron chi connectivity index (χ4n) is 1.76. The molecule has 0 heterocycles. The van der Waals surface area contributed by atoms with Gasteiger partial charge in [0.25, 0.3) is 0 Å². The van der Waals surface area contributed by atoms with Crippen molar-refractivity contribution >= 4 is 11.7 Å². The number of nitriles is 1. The lowest BCUT2D eigenvalue weighted by atomic mass is 10.1. The maximum absolute atomic E-state index is 12.9. The van der Waals surface area contributed by atoms with E-state index >= 15 is 0 Å². The molecule has 0 bridgehead atoms. The maximum atomic E-state index is 12.9. The molecule has 0 aliphatic rings. The van der Waals surface area contributed by atoms with E-state index in [1.54, 1.807) is 13.8 Å². The summed E-state index contributed by atoms with van der Waals surface area (Å²) in [6, 6.07) is 4.37. The molecule has 0 aromatic heterocycles. The molecule has 0 aliphatic heterocycles. The van der Waals surface area contributed by atoms with E-state index in [2.05, 4.69) is 0 Å². The first-order valence-corrected chi connectivity index (χ1v) is 5.76. The molecule has 0 spiro atoms. The quantitative estimate of drug-likeness (QED) is 0.924. The lowest BCUT2D eigenvalue weighted by molar-refractivity contribution is -0.137. The van der Waals surface area contributed by atoms with Crippen LogP contribution in [0.25, 0.3) is 0 Å². The van der Waals surface area contributed by atoms with Crippen LogP contribution in [0.4, 0.5) is 18.9 Å². The monoisotopic (exact) mass is 286 g/mol. The molecule has 0 saturated heterocycles. The highest BCUT2D eigenvalue weighted by atomic mass is 19.4. The number of carboxylic acid groups (broad SMARTS) is 1. The second-order valence-electron chi connectivity index (χ2n) is 4.45. The van der Waals surface area contributed by atoms with E-state index in [1.165, 1.54) is 17.0 Å². The second-order valence-corrected chi connectivity index (χ2v) is 4.45. The summed E-state index contributed by atoms with van der Waals surface area (Å²) in [5.74, 6) is -1.14. The standard InChI is InChI=1S/C13H13F3N2O2/c1-8(2)18(7-12(19)20)10-4-3-9(6-17)11(5-10)13(14,15)16/h3-5,8H,7H2,1-2H3,(H,19,20). The van der Waals surface area contributed by atoms with Crippen LogP contribution in [0.3, 0.4) is 0 Å². The van der Waals surface area contributed by atoms with E-state index in [-0.39, 0.29) is 11.7 Å². The molecular weight excluding hydrogens is 273 g/mol. The Balaban J connectivity index is 3.32. The van der Waals surface area contributed by atoms with Crippen LogP contribution in [0.1, 0.15) is 25.0 Å². The lowest BCUT2D eigenvalue weighted by Crippen LogP contribution is -2.35. The molecule has 4 nitrogen and oxygen atoms in total. The Morgan fingerprint density at radius 1 is 1.45 bits per heavy atom. The number of benzene rings is 1. The number of rotatable bonds is 4. The summed E-state index contributed by atoms with van der Waals surface area (Å²) in [5.41, 5.74) is -1.43. The number of carboxylic acids is 1. The minimum atomic E-state index is -4.66. The van der Waals surface area contributed by atoms with Crippen LogP contribution in [0, 0.1) is 11.3 Å². The molecule has 7 heteroatoms. The number of alkyl halides is 3. The third-order valence-corrected chi connectivity index (χ3v) is 2.69. The van der Waals surface area contributed by atoms with E-state index in [1.807, 2.05) is 0 Å². The van der Waals surface area contributed by atoms with Crippen LogP contribution in [-0.4, -0.2) is 23.7 Å². The summed E-state index contributed by atoms with van der Waals surface area (Å²) >= 11 is 0. The van der Waals surface area contributed by atoms with Gasteiger partial charge in [0.1, 0.15) is 6.54 Å². The van der Waals surface area contributed by atoms with Crippen LogP contribution in [0.5, 0.6) is 0 Å². The summed E-state index contributed by atoms with van der Waals surface area (Å²) in [5, 5.41) is 17.5. The molecule has 1 aromatic carbocycles. The molecule has 1 N–H and O–H groups in total. The van der Waals surface area contributed by atoms with Crippen molar-refractivity contribution < 1.29 is 23.1 Å².